The maximum atomic E-state index is 13.9. The lowest BCUT2D eigenvalue weighted by atomic mass is 9.89. The van der Waals surface area contributed by atoms with Crippen LogP contribution in [0.2, 0.25) is 0 Å². The van der Waals surface area contributed by atoms with Gasteiger partial charge in [0.25, 0.3) is 0 Å². The SMILES string of the molecule is CCO[C@H]1OC(=O)[C@]2(S(=O)c3ccc(C)cc3)[C@H](C)C(S(=O)(=O)c3ccc(C)cc3)=C[C@H]12. The van der Waals surface area contributed by atoms with Gasteiger partial charge in [0.1, 0.15) is 0 Å². The molecule has 2 aromatic rings. The molecule has 1 aliphatic heterocycles. The molecule has 4 rings (SSSR count). The summed E-state index contributed by atoms with van der Waals surface area (Å²) in [6.07, 6.45) is 0.534. The third kappa shape index (κ3) is 3.36. The number of carbonyl (C=O) groups excluding carboxylic acids is 1. The Morgan fingerprint density at radius 3 is 2.16 bits per heavy atom. The molecular formula is C24H26O6S2. The predicted molar refractivity (Wildman–Crippen MR) is 121 cm³/mol. The topological polar surface area (TPSA) is 86.7 Å². The number of allylic oxidation sites excluding steroid dienone is 1. The summed E-state index contributed by atoms with van der Waals surface area (Å²) < 4.78 is 50.5. The Hall–Kier alpha value is -2.29. The number of sulfone groups is 1. The minimum atomic E-state index is -3.91. The molecule has 1 saturated heterocycles. The molecule has 0 aromatic heterocycles. The first-order valence-corrected chi connectivity index (χ1v) is 13.1. The Kier molecular flexibility index (Phi) is 5.90. The van der Waals surface area contributed by atoms with Gasteiger partial charge in [-0.25, -0.2) is 8.42 Å². The summed E-state index contributed by atoms with van der Waals surface area (Å²) in [5.74, 6) is -2.35. The van der Waals surface area contributed by atoms with E-state index in [1.165, 1.54) is 6.08 Å². The van der Waals surface area contributed by atoms with Crippen molar-refractivity contribution in [3.8, 4) is 0 Å². The zero-order valence-electron chi connectivity index (χ0n) is 18.4. The molecule has 2 aliphatic rings. The van der Waals surface area contributed by atoms with Gasteiger partial charge in [-0.15, -0.1) is 0 Å². The summed E-state index contributed by atoms with van der Waals surface area (Å²) in [5.41, 5.74) is 1.92. The molecule has 1 heterocycles. The van der Waals surface area contributed by atoms with Crippen LogP contribution in [0.5, 0.6) is 0 Å². The Balaban J connectivity index is 1.85. The second kappa shape index (κ2) is 8.24. The van der Waals surface area contributed by atoms with E-state index in [0.29, 0.717) is 4.90 Å². The Morgan fingerprint density at radius 2 is 1.59 bits per heavy atom. The smallest absolute Gasteiger partial charge is 0.329 e. The number of esters is 1. The number of aryl methyl sites for hydroxylation is 2. The van der Waals surface area contributed by atoms with Gasteiger partial charge in [-0.2, -0.15) is 0 Å². The van der Waals surface area contributed by atoms with E-state index in [0.717, 1.165) is 11.1 Å². The van der Waals surface area contributed by atoms with Crippen molar-refractivity contribution < 1.29 is 26.9 Å². The third-order valence-corrected chi connectivity index (χ3v) is 10.4. The lowest BCUT2D eigenvalue weighted by Gasteiger charge is -2.30. The van der Waals surface area contributed by atoms with Crippen molar-refractivity contribution in [2.75, 3.05) is 6.61 Å². The fraction of sp³-hybridized carbons (Fsp3) is 0.375. The maximum Gasteiger partial charge on any atom is 0.329 e. The Bertz CT molecular complexity index is 1200. The maximum absolute atomic E-state index is 13.9. The molecule has 0 N–H and O–H groups in total. The van der Waals surface area contributed by atoms with Crippen LogP contribution in [0.4, 0.5) is 0 Å². The first-order valence-electron chi connectivity index (χ1n) is 10.5. The highest BCUT2D eigenvalue weighted by molar-refractivity contribution is 7.95. The lowest BCUT2D eigenvalue weighted by molar-refractivity contribution is -0.165. The van der Waals surface area contributed by atoms with E-state index in [1.807, 2.05) is 26.0 Å². The number of cyclic esters (lactones) is 1. The molecule has 1 unspecified atom stereocenters. The van der Waals surface area contributed by atoms with Crippen LogP contribution in [0.3, 0.4) is 0 Å². The molecule has 32 heavy (non-hydrogen) atoms. The lowest BCUT2D eigenvalue weighted by Crippen LogP contribution is -2.49. The number of hydrogen-bond donors (Lipinski definition) is 0. The second-order valence-electron chi connectivity index (χ2n) is 8.24. The zero-order chi connectivity index (χ0) is 23.3. The van der Waals surface area contributed by atoms with Crippen LogP contribution < -0.4 is 0 Å². The van der Waals surface area contributed by atoms with E-state index in [4.69, 9.17) is 9.47 Å². The van der Waals surface area contributed by atoms with Crippen LogP contribution in [0.25, 0.3) is 0 Å². The van der Waals surface area contributed by atoms with Crippen molar-refractivity contribution in [2.45, 2.75) is 48.5 Å². The highest BCUT2D eigenvalue weighted by Crippen LogP contribution is 2.54. The first kappa shape index (κ1) is 22.9. The largest absolute Gasteiger partial charge is 0.434 e. The van der Waals surface area contributed by atoms with Gasteiger partial charge in [0, 0.05) is 17.4 Å². The predicted octanol–water partition coefficient (Wildman–Crippen LogP) is 3.69. The molecule has 1 fully saturated rings. The molecule has 8 heteroatoms. The van der Waals surface area contributed by atoms with E-state index in [9.17, 15) is 17.4 Å². The molecule has 0 saturated carbocycles. The van der Waals surface area contributed by atoms with Gasteiger partial charge in [0.2, 0.25) is 16.1 Å². The van der Waals surface area contributed by atoms with Crippen LogP contribution in [0.15, 0.2) is 69.3 Å². The Labute approximate surface area is 191 Å². The van der Waals surface area contributed by atoms with Crippen molar-refractivity contribution >= 4 is 26.6 Å². The van der Waals surface area contributed by atoms with E-state index in [-0.39, 0.29) is 16.4 Å². The van der Waals surface area contributed by atoms with E-state index < -0.39 is 49.5 Å². The fourth-order valence-corrected chi connectivity index (χ4v) is 8.17. The van der Waals surface area contributed by atoms with Gasteiger partial charge in [0.15, 0.2) is 4.75 Å². The van der Waals surface area contributed by atoms with Crippen LogP contribution in [0.1, 0.15) is 25.0 Å². The first-order chi connectivity index (χ1) is 15.1. The van der Waals surface area contributed by atoms with E-state index in [1.54, 1.807) is 50.2 Å². The van der Waals surface area contributed by atoms with Crippen molar-refractivity contribution in [3.63, 3.8) is 0 Å². The normalized spacial score (nSPS) is 28.2. The van der Waals surface area contributed by atoms with Gasteiger partial charge in [-0.3, -0.25) is 9.00 Å². The second-order valence-corrected chi connectivity index (χ2v) is 11.9. The van der Waals surface area contributed by atoms with Crippen molar-refractivity contribution in [2.24, 2.45) is 11.8 Å². The van der Waals surface area contributed by atoms with Crippen molar-refractivity contribution in [1.29, 1.82) is 0 Å². The molecule has 5 atom stereocenters. The molecule has 0 bridgehead atoms. The highest BCUT2D eigenvalue weighted by Gasteiger charge is 2.69. The molecule has 0 radical (unpaired) electrons. The van der Waals surface area contributed by atoms with Crippen LogP contribution in [-0.4, -0.2) is 36.2 Å². The number of carbonyl (C=O) groups is 1. The fourth-order valence-electron chi connectivity index (χ4n) is 4.50. The number of hydrogen-bond acceptors (Lipinski definition) is 6. The summed E-state index contributed by atoms with van der Waals surface area (Å²) in [6, 6.07) is 13.6. The number of rotatable bonds is 6. The number of ether oxygens (including phenoxy) is 2. The minimum absolute atomic E-state index is 0.0770. The monoisotopic (exact) mass is 474 g/mol. The highest BCUT2D eigenvalue weighted by atomic mass is 32.2. The molecular weight excluding hydrogens is 448 g/mol. The summed E-state index contributed by atoms with van der Waals surface area (Å²) >= 11 is 0. The van der Waals surface area contributed by atoms with Gasteiger partial charge in [-0.1, -0.05) is 48.4 Å². The van der Waals surface area contributed by atoms with Gasteiger partial charge < -0.3 is 9.47 Å². The van der Waals surface area contributed by atoms with Crippen LogP contribution in [-0.2, 0) is 34.9 Å². The summed E-state index contributed by atoms with van der Waals surface area (Å²) in [6.45, 7) is 7.45. The molecule has 6 nitrogen and oxygen atoms in total. The minimum Gasteiger partial charge on any atom is -0.434 e. The average molecular weight is 475 g/mol. The van der Waals surface area contributed by atoms with Gasteiger partial charge >= 0.3 is 5.97 Å². The molecule has 0 spiro atoms. The summed E-state index contributed by atoms with van der Waals surface area (Å²) in [7, 11) is -5.77. The Morgan fingerprint density at radius 1 is 1.03 bits per heavy atom. The number of fused-ring (bicyclic) bond motifs is 1. The number of benzene rings is 2. The molecule has 2 aromatic carbocycles. The quantitative estimate of drug-likeness (QED) is 0.594. The zero-order valence-corrected chi connectivity index (χ0v) is 20.0. The van der Waals surface area contributed by atoms with Gasteiger partial charge in [-0.05, 0) is 45.0 Å². The molecule has 0 amide bonds. The van der Waals surface area contributed by atoms with Crippen LogP contribution >= 0.6 is 0 Å². The summed E-state index contributed by atoms with van der Waals surface area (Å²) in [4.78, 5) is 13.9. The van der Waals surface area contributed by atoms with Crippen LogP contribution in [0, 0.1) is 25.7 Å². The van der Waals surface area contributed by atoms with Crippen molar-refractivity contribution in [1.82, 2.24) is 0 Å². The average Bonchev–Trinajstić information content (AvgIpc) is 3.22. The van der Waals surface area contributed by atoms with E-state index in [2.05, 4.69) is 0 Å². The molecule has 1 aliphatic carbocycles. The third-order valence-electron chi connectivity index (χ3n) is 6.26. The summed E-state index contributed by atoms with van der Waals surface area (Å²) in [5, 5.41) is 0. The molecule has 170 valence electrons. The van der Waals surface area contributed by atoms with E-state index >= 15 is 0 Å². The van der Waals surface area contributed by atoms with Gasteiger partial charge in [0.05, 0.1) is 26.5 Å². The van der Waals surface area contributed by atoms with Crippen molar-refractivity contribution in [3.05, 3.63) is 70.6 Å². The standard InChI is InChI=1S/C24H26O6S2/c1-5-29-22-20-14-21(32(27,28)19-12-8-16(3)9-13-19)17(4)24(20,23(25)30-22)31(26)18-10-6-15(2)7-11-18/h6-14,17,20,22H,5H2,1-4H3/t17-,20-,22+,24+,31?/m1/s1.